The van der Waals surface area contributed by atoms with E-state index >= 15 is 0 Å². The van der Waals surface area contributed by atoms with Crippen LogP contribution in [0.5, 0.6) is 5.75 Å². The van der Waals surface area contributed by atoms with Crippen molar-refractivity contribution in [2.75, 3.05) is 19.0 Å². The molecule has 164 valence electrons. The minimum absolute atomic E-state index is 0.256. The number of benzene rings is 2. The Balaban J connectivity index is 1.26. The smallest absolute Gasteiger partial charge is 0.258 e. The molecule has 5 heteroatoms. The zero-order chi connectivity index (χ0) is 21.3. The highest BCUT2D eigenvalue weighted by molar-refractivity contribution is 5.67. The largest absolute Gasteiger partial charge is 0.496 e. The number of nitrogens with one attached hydrogen (secondary N) is 1. The van der Waals surface area contributed by atoms with E-state index < -0.39 is 0 Å². The Kier molecular flexibility index (Phi) is 4.00. The normalized spacial score (nSPS) is 29.7. The summed E-state index contributed by atoms with van der Waals surface area (Å²) >= 11 is 0. The highest BCUT2D eigenvalue weighted by Crippen LogP contribution is 2.62. The number of rotatable bonds is 4. The summed E-state index contributed by atoms with van der Waals surface area (Å²) in [6.45, 7) is 0.995. The predicted octanol–water partition coefficient (Wildman–Crippen LogP) is 5.85. The van der Waals surface area contributed by atoms with Crippen molar-refractivity contribution in [1.29, 1.82) is 0 Å². The lowest BCUT2D eigenvalue weighted by molar-refractivity contribution is -0.00613. The van der Waals surface area contributed by atoms with Crippen LogP contribution in [0, 0.1) is 17.8 Å². The predicted molar refractivity (Wildman–Crippen MR) is 124 cm³/mol. The van der Waals surface area contributed by atoms with Crippen molar-refractivity contribution in [1.82, 2.24) is 10.1 Å². The lowest BCUT2D eigenvalue weighted by atomic mass is 9.48. The molecule has 3 aromatic rings. The van der Waals surface area contributed by atoms with Gasteiger partial charge in [0.2, 0.25) is 5.82 Å². The average Bonchev–Trinajstić information content (AvgIpc) is 3.47. The van der Waals surface area contributed by atoms with Crippen molar-refractivity contribution in [2.45, 2.75) is 50.4 Å². The van der Waals surface area contributed by atoms with Crippen LogP contribution in [-0.2, 0) is 11.8 Å². The molecule has 2 heterocycles. The zero-order valence-corrected chi connectivity index (χ0v) is 18.6. The number of methoxy groups -OCH3 is 1. The van der Waals surface area contributed by atoms with Gasteiger partial charge in [0.25, 0.3) is 5.89 Å². The number of fused-ring (bicyclic) bond motifs is 1. The maximum atomic E-state index is 5.87. The van der Waals surface area contributed by atoms with E-state index in [-0.39, 0.29) is 5.41 Å². The summed E-state index contributed by atoms with van der Waals surface area (Å²) in [7, 11) is 1.80. The Labute approximate surface area is 188 Å². The van der Waals surface area contributed by atoms with Crippen LogP contribution in [-0.4, -0.2) is 23.8 Å². The molecular weight excluding hydrogens is 398 g/mol. The molecule has 32 heavy (non-hydrogen) atoms. The van der Waals surface area contributed by atoms with Crippen LogP contribution in [0.25, 0.3) is 22.8 Å². The second-order valence-electron chi connectivity index (χ2n) is 10.6. The number of nitrogens with zero attached hydrogens (tertiary/aromatic N) is 2. The first-order valence-electron chi connectivity index (χ1n) is 12.1. The van der Waals surface area contributed by atoms with Crippen molar-refractivity contribution in [3.8, 4) is 28.6 Å². The monoisotopic (exact) mass is 427 g/mol. The molecule has 0 saturated heterocycles. The van der Waals surface area contributed by atoms with Gasteiger partial charge < -0.3 is 14.6 Å². The van der Waals surface area contributed by atoms with Crippen molar-refractivity contribution >= 4 is 5.69 Å². The van der Waals surface area contributed by atoms with Crippen LogP contribution in [0.4, 0.5) is 5.69 Å². The molecule has 4 aliphatic carbocycles. The van der Waals surface area contributed by atoms with Crippen LogP contribution in [0.1, 0.15) is 49.7 Å². The quantitative estimate of drug-likeness (QED) is 0.566. The molecule has 0 unspecified atom stereocenters. The summed E-state index contributed by atoms with van der Waals surface area (Å²) < 4.78 is 11.6. The summed E-state index contributed by atoms with van der Waals surface area (Å²) in [6.07, 6.45) is 9.26. The van der Waals surface area contributed by atoms with Gasteiger partial charge in [-0.2, -0.15) is 4.98 Å². The second-order valence-corrected chi connectivity index (χ2v) is 10.6. The van der Waals surface area contributed by atoms with Gasteiger partial charge in [-0.15, -0.1) is 0 Å². The van der Waals surface area contributed by atoms with Crippen molar-refractivity contribution < 1.29 is 9.26 Å². The summed E-state index contributed by atoms with van der Waals surface area (Å²) in [5.41, 5.74) is 6.16. The van der Waals surface area contributed by atoms with Crippen LogP contribution < -0.4 is 10.1 Å². The maximum Gasteiger partial charge on any atom is 0.258 e. The van der Waals surface area contributed by atoms with Crippen LogP contribution >= 0.6 is 0 Å². The number of ether oxygens (including phenoxy) is 1. The molecule has 5 nitrogen and oxygen atoms in total. The molecule has 5 aliphatic rings. The molecule has 4 bridgehead atoms. The first-order chi connectivity index (χ1) is 15.7. The van der Waals surface area contributed by atoms with Gasteiger partial charge in [-0.05, 0) is 110 Å². The molecule has 2 aromatic carbocycles. The second kappa shape index (κ2) is 6.84. The fourth-order valence-corrected chi connectivity index (χ4v) is 7.60. The fourth-order valence-electron chi connectivity index (χ4n) is 7.60. The molecule has 0 atom stereocenters. The van der Waals surface area contributed by atoms with E-state index in [9.17, 15) is 0 Å². The lowest BCUT2D eigenvalue weighted by Crippen LogP contribution is -2.48. The van der Waals surface area contributed by atoms with Crippen molar-refractivity contribution in [2.24, 2.45) is 17.8 Å². The topological polar surface area (TPSA) is 60.2 Å². The molecule has 0 radical (unpaired) electrons. The Morgan fingerprint density at radius 1 is 0.969 bits per heavy atom. The van der Waals surface area contributed by atoms with Gasteiger partial charge in [-0.25, -0.2) is 0 Å². The third-order valence-electron chi connectivity index (χ3n) is 8.56. The van der Waals surface area contributed by atoms with Crippen molar-refractivity contribution in [3.63, 3.8) is 0 Å². The first kappa shape index (κ1) is 18.7. The van der Waals surface area contributed by atoms with E-state index in [0.717, 1.165) is 47.6 Å². The molecule has 1 aliphatic heterocycles. The number of anilines is 1. The summed E-state index contributed by atoms with van der Waals surface area (Å²) in [5, 5.41) is 7.72. The third-order valence-corrected chi connectivity index (χ3v) is 8.56. The SMILES string of the molecule is COc1ccc(-c2nc(-c3ccc4c(c3)CCN4)no2)cc1C12CC3CC(CC(C3)C1)C2. The van der Waals surface area contributed by atoms with Crippen molar-refractivity contribution in [3.05, 3.63) is 47.5 Å². The van der Waals surface area contributed by atoms with Gasteiger partial charge in [0, 0.05) is 28.9 Å². The van der Waals surface area contributed by atoms with Gasteiger partial charge in [-0.1, -0.05) is 5.16 Å². The van der Waals surface area contributed by atoms with E-state index in [1.807, 2.05) is 0 Å². The van der Waals surface area contributed by atoms with E-state index in [1.54, 1.807) is 7.11 Å². The summed E-state index contributed by atoms with van der Waals surface area (Å²) in [4.78, 5) is 4.78. The third kappa shape index (κ3) is 2.83. The standard InChI is InChI=1S/C27H29N3O2/c1-31-24-5-3-21(12-22(24)27-13-16-8-17(14-27)10-18(9-16)15-27)26-29-25(30-32-26)20-2-4-23-19(11-20)6-7-28-23/h2-5,11-12,16-18,28H,6-10,13-15H2,1H3. The molecule has 4 saturated carbocycles. The van der Waals surface area contributed by atoms with Gasteiger partial charge >= 0.3 is 0 Å². The minimum atomic E-state index is 0.256. The number of hydrogen-bond acceptors (Lipinski definition) is 5. The Morgan fingerprint density at radius 2 is 1.72 bits per heavy atom. The molecule has 0 amide bonds. The van der Waals surface area contributed by atoms with Gasteiger partial charge in [0.05, 0.1) is 7.11 Å². The van der Waals surface area contributed by atoms with E-state index in [1.165, 1.54) is 55.3 Å². The number of aromatic nitrogens is 2. The van der Waals surface area contributed by atoms with E-state index in [4.69, 9.17) is 14.2 Å². The zero-order valence-electron chi connectivity index (χ0n) is 18.6. The lowest BCUT2D eigenvalue weighted by Gasteiger charge is -2.57. The summed E-state index contributed by atoms with van der Waals surface area (Å²) in [6, 6.07) is 12.8. The minimum Gasteiger partial charge on any atom is -0.496 e. The Hall–Kier alpha value is -2.82. The van der Waals surface area contributed by atoms with Gasteiger partial charge in [0.15, 0.2) is 0 Å². The van der Waals surface area contributed by atoms with Crippen LogP contribution in [0.3, 0.4) is 0 Å². The Morgan fingerprint density at radius 3 is 2.47 bits per heavy atom. The molecule has 4 fully saturated rings. The Bertz CT molecular complexity index is 1160. The molecule has 0 spiro atoms. The highest BCUT2D eigenvalue weighted by atomic mass is 16.5. The maximum absolute atomic E-state index is 5.87. The van der Waals surface area contributed by atoms with Gasteiger partial charge in [-0.3, -0.25) is 0 Å². The molecule has 1 N–H and O–H groups in total. The fraction of sp³-hybridized carbons (Fsp3) is 0.481. The highest BCUT2D eigenvalue weighted by Gasteiger charge is 2.52. The van der Waals surface area contributed by atoms with Gasteiger partial charge in [0.1, 0.15) is 5.75 Å². The molecular formula is C27H29N3O2. The van der Waals surface area contributed by atoms with E-state index in [0.29, 0.717) is 11.7 Å². The average molecular weight is 428 g/mol. The molecule has 1 aromatic heterocycles. The van der Waals surface area contributed by atoms with E-state index in [2.05, 4.69) is 46.9 Å². The van der Waals surface area contributed by atoms with Crippen LogP contribution in [0.15, 0.2) is 40.9 Å². The molecule has 8 rings (SSSR count). The first-order valence-corrected chi connectivity index (χ1v) is 12.1. The van der Waals surface area contributed by atoms with Crippen LogP contribution in [0.2, 0.25) is 0 Å². The summed E-state index contributed by atoms with van der Waals surface area (Å²) in [5.74, 6) is 4.92. The number of hydrogen-bond donors (Lipinski definition) is 1.